The van der Waals surface area contributed by atoms with Crippen LogP contribution in [-0.2, 0) is 6.61 Å². The molecular weight excluding hydrogens is 394 g/mol. The van der Waals surface area contributed by atoms with Crippen LogP contribution in [-0.4, -0.2) is 34.2 Å². The predicted octanol–water partition coefficient (Wildman–Crippen LogP) is 4.01. The zero-order chi connectivity index (χ0) is 20.6. The predicted molar refractivity (Wildman–Crippen MR) is 124 cm³/mol. The average Bonchev–Trinajstić information content (AvgIpc) is 2.80. The highest BCUT2D eigenvalue weighted by molar-refractivity contribution is 7.80. The van der Waals surface area contributed by atoms with Gasteiger partial charge in [-0.05, 0) is 48.8 Å². The van der Waals surface area contributed by atoms with E-state index in [9.17, 15) is 0 Å². The third-order valence-electron chi connectivity index (χ3n) is 5.04. The zero-order valence-electron chi connectivity index (χ0n) is 16.7. The molecule has 7 heteroatoms. The van der Waals surface area contributed by atoms with Crippen LogP contribution < -0.4 is 20.3 Å². The van der Waals surface area contributed by atoms with Gasteiger partial charge in [0.05, 0.1) is 11.9 Å². The van der Waals surface area contributed by atoms with Gasteiger partial charge in [-0.25, -0.2) is 4.98 Å². The summed E-state index contributed by atoms with van der Waals surface area (Å²) >= 11 is 5.43. The Morgan fingerprint density at radius 1 is 1.07 bits per heavy atom. The standard InChI is InChI=1S/C23H25N5OS/c30-23(27-20-7-4-11-24-16-20)26-19-9-13-28(14-10-19)22-15-21(8-12-25-22)29-17-18-5-2-1-3-6-18/h1-8,11-12,15-16,19H,9-10,13-14,17H2,(H2,26,27,30). The Morgan fingerprint density at radius 3 is 2.67 bits per heavy atom. The Balaban J connectivity index is 1.26. The maximum atomic E-state index is 5.94. The van der Waals surface area contributed by atoms with Crippen molar-refractivity contribution in [3.63, 3.8) is 0 Å². The van der Waals surface area contributed by atoms with Crippen LogP contribution in [0, 0.1) is 0 Å². The molecule has 1 aromatic carbocycles. The molecular formula is C23H25N5OS. The first-order valence-corrected chi connectivity index (χ1v) is 10.5. The molecule has 4 rings (SSSR count). The van der Waals surface area contributed by atoms with E-state index in [0.717, 1.165) is 48.7 Å². The van der Waals surface area contributed by atoms with Crippen molar-refractivity contribution >= 4 is 28.8 Å². The minimum absolute atomic E-state index is 0.343. The van der Waals surface area contributed by atoms with Gasteiger partial charge in [0, 0.05) is 37.6 Å². The number of ether oxygens (including phenoxy) is 1. The van der Waals surface area contributed by atoms with E-state index in [1.165, 1.54) is 0 Å². The van der Waals surface area contributed by atoms with Crippen molar-refractivity contribution in [1.82, 2.24) is 15.3 Å². The van der Waals surface area contributed by atoms with Crippen LogP contribution >= 0.6 is 12.2 Å². The van der Waals surface area contributed by atoms with E-state index in [4.69, 9.17) is 17.0 Å². The number of nitrogens with one attached hydrogen (secondary N) is 2. The Hall–Kier alpha value is -3.19. The molecule has 1 aliphatic heterocycles. The molecule has 0 unspecified atom stereocenters. The van der Waals surface area contributed by atoms with Crippen LogP contribution in [0.1, 0.15) is 18.4 Å². The van der Waals surface area contributed by atoms with Crippen LogP contribution in [0.3, 0.4) is 0 Å². The number of pyridine rings is 2. The first kappa shape index (κ1) is 20.1. The van der Waals surface area contributed by atoms with Gasteiger partial charge in [-0.2, -0.15) is 0 Å². The number of aromatic nitrogens is 2. The van der Waals surface area contributed by atoms with E-state index in [0.29, 0.717) is 17.8 Å². The largest absolute Gasteiger partial charge is 0.489 e. The number of hydrogen-bond acceptors (Lipinski definition) is 5. The number of anilines is 2. The number of rotatable bonds is 6. The molecule has 1 aliphatic rings. The number of thiocarbonyl (C=S) groups is 1. The number of piperidine rings is 1. The molecule has 1 fully saturated rings. The molecule has 6 nitrogen and oxygen atoms in total. The van der Waals surface area contributed by atoms with Crippen LogP contribution in [0.15, 0.2) is 73.2 Å². The summed E-state index contributed by atoms with van der Waals surface area (Å²) in [6, 6.07) is 18.3. The Labute approximate surface area is 182 Å². The third-order valence-corrected chi connectivity index (χ3v) is 5.26. The lowest BCUT2D eigenvalue weighted by atomic mass is 10.1. The maximum Gasteiger partial charge on any atom is 0.171 e. The molecule has 0 bridgehead atoms. The normalized spacial score (nSPS) is 14.2. The van der Waals surface area contributed by atoms with Crippen molar-refractivity contribution in [3.05, 3.63) is 78.8 Å². The van der Waals surface area contributed by atoms with E-state index in [-0.39, 0.29) is 0 Å². The molecule has 0 amide bonds. The van der Waals surface area contributed by atoms with Crippen molar-refractivity contribution in [2.45, 2.75) is 25.5 Å². The van der Waals surface area contributed by atoms with Crippen LogP contribution in [0.5, 0.6) is 5.75 Å². The molecule has 0 saturated carbocycles. The summed E-state index contributed by atoms with van der Waals surface area (Å²) in [4.78, 5) is 10.9. The second-order valence-electron chi connectivity index (χ2n) is 7.23. The van der Waals surface area contributed by atoms with E-state index in [2.05, 4.69) is 37.6 Å². The Bertz CT molecular complexity index is 946. The topological polar surface area (TPSA) is 62.3 Å². The summed E-state index contributed by atoms with van der Waals surface area (Å²) < 4.78 is 5.94. The summed E-state index contributed by atoms with van der Waals surface area (Å²) in [5.74, 6) is 1.79. The Kier molecular flexibility index (Phi) is 6.72. The highest BCUT2D eigenvalue weighted by Crippen LogP contribution is 2.23. The van der Waals surface area contributed by atoms with E-state index >= 15 is 0 Å². The zero-order valence-corrected chi connectivity index (χ0v) is 17.5. The third kappa shape index (κ3) is 5.67. The minimum Gasteiger partial charge on any atom is -0.489 e. The maximum absolute atomic E-state index is 5.94. The second kappa shape index (κ2) is 10.0. The monoisotopic (exact) mass is 419 g/mol. The quantitative estimate of drug-likeness (QED) is 0.585. The van der Waals surface area contributed by atoms with Gasteiger partial charge in [-0.15, -0.1) is 0 Å². The van der Waals surface area contributed by atoms with Crippen molar-refractivity contribution in [2.24, 2.45) is 0 Å². The lowest BCUT2D eigenvalue weighted by Gasteiger charge is -2.33. The molecule has 154 valence electrons. The van der Waals surface area contributed by atoms with Gasteiger partial charge in [0.1, 0.15) is 18.2 Å². The summed E-state index contributed by atoms with van der Waals surface area (Å²) in [6.45, 7) is 2.39. The molecule has 2 N–H and O–H groups in total. The van der Waals surface area contributed by atoms with E-state index < -0.39 is 0 Å². The second-order valence-corrected chi connectivity index (χ2v) is 7.63. The van der Waals surface area contributed by atoms with Crippen LogP contribution in [0.4, 0.5) is 11.5 Å². The van der Waals surface area contributed by atoms with Crippen molar-refractivity contribution in [3.8, 4) is 5.75 Å². The number of benzene rings is 1. The molecule has 0 spiro atoms. The summed E-state index contributed by atoms with van der Waals surface area (Å²) in [7, 11) is 0. The molecule has 1 saturated heterocycles. The minimum atomic E-state index is 0.343. The first-order chi connectivity index (χ1) is 14.8. The smallest absolute Gasteiger partial charge is 0.171 e. The molecule has 0 radical (unpaired) electrons. The molecule has 0 atom stereocenters. The fraction of sp³-hybridized carbons (Fsp3) is 0.261. The highest BCUT2D eigenvalue weighted by atomic mass is 32.1. The molecule has 2 aromatic heterocycles. The summed E-state index contributed by atoms with van der Waals surface area (Å²) in [5.41, 5.74) is 2.04. The van der Waals surface area contributed by atoms with Gasteiger partial charge < -0.3 is 20.3 Å². The Morgan fingerprint density at radius 2 is 1.90 bits per heavy atom. The number of hydrogen-bond donors (Lipinski definition) is 2. The van der Waals surface area contributed by atoms with Crippen molar-refractivity contribution < 1.29 is 4.74 Å². The fourth-order valence-corrected chi connectivity index (χ4v) is 3.73. The lowest BCUT2D eigenvalue weighted by molar-refractivity contribution is 0.306. The first-order valence-electron chi connectivity index (χ1n) is 10.1. The lowest BCUT2D eigenvalue weighted by Crippen LogP contribution is -2.46. The van der Waals surface area contributed by atoms with Gasteiger partial charge in [0.2, 0.25) is 0 Å². The number of nitrogens with zero attached hydrogens (tertiary/aromatic N) is 3. The SMILES string of the molecule is S=C(Nc1cccnc1)NC1CCN(c2cc(OCc3ccccc3)ccn2)CC1. The van der Waals surface area contributed by atoms with Crippen LogP contribution in [0.25, 0.3) is 0 Å². The summed E-state index contributed by atoms with van der Waals surface area (Å²) in [5, 5.41) is 7.23. The average molecular weight is 420 g/mol. The van der Waals surface area contributed by atoms with Gasteiger partial charge in [0.15, 0.2) is 5.11 Å². The van der Waals surface area contributed by atoms with Gasteiger partial charge in [0.25, 0.3) is 0 Å². The van der Waals surface area contributed by atoms with Crippen molar-refractivity contribution in [2.75, 3.05) is 23.3 Å². The highest BCUT2D eigenvalue weighted by Gasteiger charge is 2.21. The molecule has 30 heavy (non-hydrogen) atoms. The summed E-state index contributed by atoms with van der Waals surface area (Å²) in [6.07, 6.45) is 7.30. The molecule has 0 aliphatic carbocycles. The van der Waals surface area contributed by atoms with Gasteiger partial charge in [-0.1, -0.05) is 30.3 Å². The van der Waals surface area contributed by atoms with E-state index in [1.807, 2.05) is 48.7 Å². The van der Waals surface area contributed by atoms with Gasteiger partial charge in [-0.3, -0.25) is 4.98 Å². The van der Waals surface area contributed by atoms with E-state index in [1.54, 1.807) is 12.4 Å². The van der Waals surface area contributed by atoms with Crippen molar-refractivity contribution in [1.29, 1.82) is 0 Å². The molecule has 3 heterocycles. The molecule has 3 aromatic rings. The van der Waals surface area contributed by atoms with Crippen LogP contribution in [0.2, 0.25) is 0 Å². The van der Waals surface area contributed by atoms with Gasteiger partial charge >= 0.3 is 0 Å². The fourth-order valence-electron chi connectivity index (χ4n) is 3.45.